The Labute approximate surface area is 129 Å². The van der Waals surface area contributed by atoms with Gasteiger partial charge in [-0.3, -0.25) is 0 Å². The van der Waals surface area contributed by atoms with Gasteiger partial charge in [-0.2, -0.15) is 13.2 Å². The molecule has 0 aromatic carbocycles. The second-order valence-corrected chi connectivity index (χ2v) is 6.42. The van der Waals surface area contributed by atoms with E-state index in [1.165, 1.54) is 0 Å². The van der Waals surface area contributed by atoms with Crippen molar-refractivity contribution in [3.8, 4) is 0 Å². The molecule has 0 radical (unpaired) electrons. The molecule has 1 aliphatic carbocycles. The van der Waals surface area contributed by atoms with Crippen LogP contribution in [0.1, 0.15) is 45.4 Å². The Morgan fingerprint density at radius 2 is 1.64 bits per heavy atom. The number of hydrogen-bond donors (Lipinski definition) is 2. The maximum absolute atomic E-state index is 13.2. The number of nitrogens with one attached hydrogen (secondary N) is 2. The van der Waals surface area contributed by atoms with E-state index >= 15 is 0 Å². The summed E-state index contributed by atoms with van der Waals surface area (Å²) in [4.78, 5) is 12.0. The van der Waals surface area contributed by atoms with Gasteiger partial charge in [-0.05, 0) is 44.4 Å². The highest BCUT2D eigenvalue weighted by Gasteiger charge is 2.46. The van der Waals surface area contributed by atoms with Crippen LogP contribution in [0.5, 0.6) is 0 Å². The number of hydrogen-bond acceptors (Lipinski definition) is 2. The van der Waals surface area contributed by atoms with Crippen LogP contribution in [-0.4, -0.2) is 37.5 Å². The lowest BCUT2D eigenvalue weighted by Gasteiger charge is -2.31. The predicted molar refractivity (Wildman–Crippen MR) is 76.5 cm³/mol. The molecular weight excluding hydrogens is 297 g/mol. The highest BCUT2D eigenvalue weighted by Crippen LogP contribution is 2.35. The summed E-state index contributed by atoms with van der Waals surface area (Å²) < 4.78 is 44.8. The third-order valence-electron chi connectivity index (χ3n) is 4.84. The molecule has 128 valence electrons. The molecule has 2 atom stereocenters. The van der Waals surface area contributed by atoms with Crippen LogP contribution in [0.25, 0.3) is 0 Å². The normalized spacial score (nSPS) is 24.0. The van der Waals surface area contributed by atoms with Gasteiger partial charge in [-0.1, -0.05) is 12.8 Å². The number of ether oxygens (including phenoxy) is 1. The monoisotopic (exact) mass is 322 g/mol. The number of urea groups is 1. The van der Waals surface area contributed by atoms with Crippen LogP contribution in [0.4, 0.5) is 18.0 Å². The largest absolute Gasteiger partial charge is 0.408 e. The summed E-state index contributed by atoms with van der Waals surface area (Å²) >= 11 is 0. The van der Waals surface area contributed by atoms with E-state index < -0.39 is 24.2 Å². The number of rotatable bonds is 4. The number of carbonyl (C=O) groups excluding carboxylic acids is 1. The van der Waals surface area contributed by atoms with Crippen molar-refractivity contribution in [1.29, 1.82) is 0 Å². The SMILES string of the molecule is C[C@@H](NC(=O)N[C@H](C1CCCC1)C(F)(F)F)C1CCOCC1. The van der Waals surface area contributed by atoms with E-state index in [0.29, 0.717) is 26.1 Å². The summed E-state index contributed by atoms with van der Waals surface area (Å²) in [5, 5.41) is 4.83. The Morgan fingerprint density at radius 1 is 1.05 bits per heavy atom. The standard InChI is InChI=1S/C15H25F3N2O2/c1-10(11-6-8-22-9-7-11)19-14(21)20-13(15(16,17)18)12-4-2-3-5-12/h10-13H,2-9H2,1H3,(H2,19,20,21)/t10-,13-/m1/s1. The zero-order chi connectivity index (χ0) is 16.2. The van der Waals surface area contributed by atoms with Gasteiger partial charge >= 0.3 is 12.2 Å². The lowest BCUT2D eigenvalue weighted by Crippen LogP contribution is -2.55. The van der Waals surface area contributed by atoms with Crippen LogP contribution < -0.4 is 10.6 Å². The molecule has 2 amide bonds. The maximum atomic E-state index is 13.2. The molecule has 2 aliphatic rings. The fourth-order valence-electron chi connectivity index (χ4n) is 3.48. The third-order valence-corrected chi connectivity index (χ3v) is 4.84. The lowest BCUT2D eigenvalue weighted by molar-refractivity contribution is -0.164. The number of carbonyl (C=O) groups is 1. The van der Waals surface area contributed by atoms with Crippen molar-refractivity contribution in [1.82, 2.24) is 10.6 Å². The van der Waals surface area contributed by atoms with Gasteiger partial charge in [0.1, 0.15) is 6.04 Å². The van der Waals surface area contributed by atoms with Crippen LogP contribution in [0.15, 0.2) is 0 Å². The topological polar surface area (TPSA) is 50.4 Å². The van der Waals surface area contributed by atoms with Gasteiger partial charge in [0.05, 0.1) is 0 Å². The lowest BCUT2D eigenvalue weighted by atomic mass is 9.93. The molecule has 1 heterocycles. The molecule has 2 fully saturated rings. The minimum atomic E-state index is -4.39. The molecule has 0 aromatic heterocycles. The van der Waals surface area contributed by atoms with Crippen LogP contribution >= 0.6 is 0 Å². The summed E-state index contributed by atoms with van der Waals surface area (Å²) in [5.41, 5.74) is 0. The minimum Gasteiger partial charge on any atom is -0.381 e. The van der Waals surface area contributed by atoms with Gasteiger partial charge < -0.3 is 15.4 Å². The zero-order valence-electron chi connectivity index (χ0n) is 12.9. The molecule has 4 nitrogen and oxygen atoms in total. The first-order chi connectivity index (χ1) is 10.4. The van der Waals surface area contributed by atoms with Crippen molar-refractivity contribution in [3.63, 3.8) is 0 Å². The van der Waals surface area contributed by atoms with E-state index in [-0.39, 0.29) is 12.0 Å². The zero-order valence-corrected chi connectivity index (χ0v) is 12.9. The van der Waals surface area contributed by atoms with Gasteiger partial charge in [0.25, 0.3) is 0 Å². The summed E-state index contributed by atoms with van der Waals surface area (Å²) in [6, 6.07) is -2.61. The highest BCUT2D eigenvalue weighted by atomic mass is 19.4. The van der Waals surface area contributed by atoms with Gasteiger partial charge in [0.2, 0.25) is 0 Å². The smallest absolute Gasteiger partial charge is 0.381 e. The molecule has 0 spiro atoms. The molecular formula is C15H25F3N2O2. The van der Waals surface area contributed by atoms with E-state index in [9.17, 15) is 18.0 Å². The van der Waals surface area contributed by atoms with E-state index in [1.54, 1.807) is 0 Å². The van der Waals surface area contributed by atoms with Crippen LogP contribution in [-0.2, 0) is 4.74 Å². The van der Waals surface area contributed by atoms with Gasteiger partial charge in [-0.25, -0.2) is 4.79 Å². The van der Waals surface area contributed by atoms with Crippen molar-refractivity contribution in [2.24, 2.45) is 11.8 Å². The molecule has 2 N–H and O–H groups in total. The molecule has 22 heavy (non-hydrogen) atoms. The predicted octanol–water partition coefficient (Wildman–Crippen LogP) is 3.22. The third kappa shape index (κ3) is 4.76. The number of alkyl halides is 3. The summed E-state index contributed by atoms with van der Waals surface area (Å²) in [6.45, 7) is 3.13. The van der Waals surface area contributed by atoms with Crippen LogP contribution in [0.2, 0.25) is 0 Å². The Hall–Kier alpha value is -0.980. The molecule has 0 bridgehead atoms. The first kappa shape index (κ1) is 17.4. The number of halogens is 3. The highest BCUT2D eigenvalue weighted by molar-refractivity contribution is 5.74. The van der Waals surface area contributed by atoms with E-state index in [2.05, 4.69) is 10.6 Å². The summed E-state index contributed by atoms with van der Waals surface area (Å²) in [7, 11) is 0. The van der Waals surface area contributed by atoms with Crippen molar-refractivity contribution >= 4 is 6.03 Å². The Kier molecular flexibility index (Phi) is 5.94. The summed E-state index contributed by atoms with van der Waals surface area (Å²) in [5.74, 6) is -0.237. The molecule has 1 aliphatic heterocycles. The molecule has 1 saturated carbocycles. The summed E-state index contributed by atoms with van der Waals surface area (Å²) in [6.07, 6.45) is -0.0776. The molecule has 0 unspecified atom stereocenters. The number of amides is 2. The van der Waals surface area contributed by atoms with Crippen LogP contribution in [0, 0.1) is 11.8 Å². The second-order valence-electron chi connectivity index (χ2n) is 6.42. The van der Waals surface area contributed by atoms with Gasteiger partial charge in [-0.15, -0.1) is 0 Å². The maximum Gasteiger partial charge on any atom is 0.408 e. The molecule has 0 aromatic rings. The van der Waals surface area contributed by atoms with Gasteiger partial charge in [0.15, 0.2) is 0 Å². The fraction of sp³-hybridized carbons (Fsp3) is 0.933. The minimum absolute atomic E-state index is 0.152. The molecule has 2 rings (SSSR count). The Morgan fingerprint density at radius 3 is 2.18 bits per heavy atom. The first-order valence-electron chi connectivity index (χ1n) is 8.09. The van der Waals surface area contributed by atoms with E-state index in [4.69, 9.17) is 4.74 Å². The molecule has 7 heteroatoms. The Bertz CT molecular complexity index is 364. The second kappa shape index (κ2) is 7.53. The first-order valence-corrected chi connectivity index (χ1v) is 8.09. The van der Waals surface area contributed by atoms with Crippen molar-refractivity contribution in [3.05, 3.63) is 0 Å². The quantitative estimate of drug-likeness (QED) is 0.835. The average Bonchev–Trinajstić information content (AvgIpc) is 2.98. The fourth-order valence-corrected chi connectivity index (χ4v) is 3.48. The Balaban J connectivity index is 1.87. The van der Waals surface area contributed by atoms with E-state index in [0.717, 1.165) is 25.7 Å². The van der Waals surface area contributed by atoms with Gasteiger partial charge in [0, 0.05) is 19.3 Å². The van der Waals surface area contributed by atoms with E-state index in [1.807, 2.05) is 6.92 Å². The van der Waals surface area contributed by atoms with Crippen molar-refractivity contribution < 1.29 is 22.7 Å². The molecule has 1 saturated heterocycles. The van der Waals surface area contributed by atoms with Crippen molar-refractivity contribution in [2.75, 3.05) is 13.2 Å². The van der Waals surface area contributed by atoms with Crippen molar-refractivity contribution in [2.45, 2.75) is 63.7 Å². The average molecular weight is 322 g/mol. The van der Waals surface area contributed by atoms with Crippen LogP contribution in [0.3, 0.4) is 0 Å².